The van der Waals surface area contributed by atoms with E-state index in [4.69, 9.17) is 5.53 Å². The molecule has 0 aliphatic carbocycles. The molecule has 0 amide bonds. The minimum absolute atomic E-state index is 0.0267. The van der Waals surface area contributed by atoms with Crippen LogP contribution in [0.3, 0.4) is 0 Å². The van der Waals surface area contributed by atoms with Crippen molar-refractivity contribution in [2.45, 2.75) is 19.8 Å². The average molecular weight is 281 g/mol. The Labute approximate surface area is 114 Å². The number of alkyl halides is 2. The van der Waals surface area contributed by atoms with E-state index >= 15 is 0 Å². The van der Waals surface area contributed by atoms with Gasteiger partial charge in [-0.2, -0.15) is 0 Å². The third kappa shape index (κ3) is 2.18. The van der Waals surface area contributed by atoms with Crippen LogP contribution in [0, 0.1) is 5.41 Å². The van der Waals surface area contributed by atoms with Crippen molar-refractivity contribution in [3.8, 4) is 0 Å². The lowest BCUT2D eigenvalue weighted by atomic mass is 9.89. The van der Waals surface area contributed by atoms with Crippen LogP contribution in [0.2, 0.25) is 0 Å². The predicted molar refractivity (Wildman–Crippen MR) is 69.4 cm³/mol. The third-order valence-electron chi connectivity index (χ3n) is 3.51. The van der Waals surface area contributed by atoms with E-state index in [-0.39, 0.29) is 17.9 Å². The summed E-state index contributed by atoms with van der Waals surface area (Å²) in [6.45, 7) is 2.56. The number of halogens is 2. The first-order valence-electron chi connectivity index (χ1n) is 5.94. The second-order valence-corrected chi connectivity index (χ2v) is 5.32. The minimum atomic E-state index is -2.87. The molecule has 0 aromatic carbocycles. The van der Waals surface area contributed by atoms with Gasteiger partial charge in [0.25, 0.3) is 5.92 Å². The van der Waals surface area contributed by atoms with E-state index in [2.05, 4.69) is 15.0 Å². The van der Waals surface area contributed by atoms with Gasteiger partial charge in [-0.25, -0.2) is 8.78 Å². The number of azide groups is 1. The lowest BCUT2D eigenvalue weighted by molar-refractivity contribution is -0.0642. The topological polar surface area (TPSA) is 82.0 Å². The van der Waals surface area contributed by atoms with Crippen LogP contribution < -0.4 is 4.90 Å². The van der Waals surface area contributed by atoms with Gasteiger partial charge in [-0.3, -0.25) is 9.78 Å². The average Bonchev–Trinajstić information content (AvgIpc) is 2.58. The number of aldehydes is 1. The maximum Gasteiger partial charge on any atom is 0.271 e. The van der Waals surface area contributed by atoms with Crippen LogP contribution in [0.25, 0.3) is 10.4 Å². The molecule has 1 aromatic heterocycles. The van der Waals surface area contributed by atoms with E-state index in [0.29, 0.717) is 12.0 Å². The smallest absolute Gasteiger partial charge is 0.271 e. The highest BCUT2D eigenvalue weighted by Crippen LogP contribution is 2.45. The summed E-state index contributed by atoms with van der Waals surface area (Å²) in [5.74, 6) is -2.97. The summed E-state index contributed by atoms with van der Waals surface area (Å²) in [6.07, 6.45) is 1.80. The van der Waals surface area contributed by atoms with Crippen molar-refractivity contribution < 1.29 is 13.6 Å². The standard InChI is InChI=1S/C12H13F2N5O/c1-11(2)6-19(7-12(11,13)14)9-3-4-16-10(17-18-15)8(9)5-20/h3-5H,6-7H2,1-2H3. The number of nitrogens with zero attached hydrogens (tertiary/aromatic N) is 5. The van der Waals surface area contributed by atoms with Crippen molar-refractivity contribution >= 4 is 17.8 Å². The molecule has 1 aliphatic heterocycles. The Morgan fingerprint density at radius 3 is 2.70 bits per heavy atom. The van der Waals surface area contributed by atoms with Crippen molar-refractivity contribution in [2.24, 2.45) is 10.5 Å². The molecule has 2 heterocycles. The summed E-state index contributed by atoms with van der Waals surface area (Å²) in [6, 6.07) is 1.47. The van der Waals surface area contributed by atoms with E-state index in [1.54, 1.807) is 0 Å². The highest BCUT2D eigenvalue weighted by molar-refractivity contribution is 5.90. The zero-order valence-electron chi connectivity index (χ0n) is 11.0. The van der Waals surface area contributed by atoms with Gasteiger partial charge in [0, 0.05) is 23.1 Å². The maximum absolute atomic E-state index is 13.9. The predicted octanol–water partition coefficient (Wildman–Crippen LogP) is 3.32. The van der Waals surface area contributed by atoms with Crippen LogP contribution in [-0.4, -0.2) is 30.3 Å². The molecular formula is C12H13F2N5O. The van der Waals surface area contributed by atoms with Crippen LogP contribution in [0.1, 0.15) is 24.2 Å². The molecule has 0 saturated carbocycles. The van der Waals surface area contributed by atoms with Crippen LogP contribution in [0.15, 0.2) is 17.4 Å². The SMILES string of the molecule is CC1(C)CN(c2ccnc(N=[N+]=[N-])c2C=O)CC1(F)F. The van der Waals surface area contributed by atoms with Crippen molar-refractivity contribution in [1.82, 2.24) is 4.98 Å². The van der Waals surface area contributed by atoms with E-state index in [0.717, 1.165) is 0 Å². The first-order chi connectivity index (χ1) is 9.32. The highest BCUT2D eigenvalue weighted by Gasteiger charge is 2.54. The molecule has 0 atom stereocenters. The molecule has 1 aliphatic rings. The lowest BCUT2D eigenvalue weighted by Crippen LogP contribution is -2.34. The summed E-state index contributed by atoms with van der Waals surface area (Å²) < 4.78 is 27.8. The summed E-state index contributed by atoms with van der Waals surface area (Å²) >= 11 is 0. The summed E-state index contributed by atoms with van der Waals surface area (Å²) in [5, 5.41) is 3.31. The maximum atomic E-state index is 13.9. The summed E-state index contributed by atoms with van der Waals surface area (Å²) in [5.41, 5.74) is 7.57. The van der Waals surface area contributed by atoms with Gasteiger partial charge >= 0.3 is 0 Å². The first-order valence-corrected chi connectivity index (χ1v) is 5.94. The molecule has 106 valence electrons. The summed E-state index contributed by atoms with van der Waals surface area (Å²) in [4.78, 5) is 18.9. The second kappa shape index (κ2) is 4.72. The Bertz CT molecular complexity index is 580. The first kappa shape index (κ1) is 14.2. The quantitative estimate of drug-likeness (QED) is 0.369. The Balaban J connectivity index is 2.48. The third-order valence-corrected chi connectivity index (χ3v) is 3.51. The number of pyridine rings is 1. The highest BCUT2D eigenvalue weighted by atomic mass is 19.3. The largest absolute Gasteiger partial charge is 0.364 e. The lowest BCUT2D eigenvalue weighted by Gasteiger charge is -2.24. The number of aromatic nitrogens is 1. The molecule has 20 heavy (non-hydrogen) atoms. The van der Waals surface area contributed by atoms with Crippen LogP contribution in [-0.2, 0) is 0 Å². The van der Waals surface area contributed by atoms with E-state index < -0.39 is 17.9 Å². The van der Waals surface area contributed by atoms with Crippen molar-refractivity contribution in [3.63, 3.8) is 0 Å². The molecule has 1 aromatic rings. The molecule has 0 radical (unpaired) electrons. The number of hydrogen-bond donors (Lipinski definition) is 0. The van der Waals surface area contributed by atoms with Gasteiger partial charge in [0.2, 0.25) is 0 Å². The Kier molecular flexibility index (Phi) is 3.35. The zero-order valence-corrected chi connectivity index (χ0v) is 11.0. The zero-order chi connectivity index (χ0) is 15.0. The van der Waals surface area contributed by atoms with Gasteiger partial charge < -0.3 is 4.90 Å². The molecule has 0 spiro atoms. The molecule has 1 saturated heterocycles. The fourth-order valence-electron chi connectivity index (χ4n) is 2.24. The Morgan fingerprint density at radius 1 is 1.50 bits per heavy atom. The van der Waals surface area contributed by atoms with Gasteiger partial charge in [0.1, 0.15) is 5.82 Å². The number of carbonyl (C=O) groups is 1. The fourth-order valence-corrected chi connectivity index (χ4v) is 2.24. The number of carbonyl (C=O) groups excluding carboxylic acids is 1. The van der Waals surface area contributed by atoms with Gasteiger partial charge in [-0.1, -0.05) is 13.8 Å². The Morgan fingerprint density at radius 2 is 2.20 bits per heavy atom. The normalized spacial score (nSPS) is 19.5. The van der Waals surface area contributed by atoms with Gasteiger partial charge in [-0.15, -0.1) is 0 Å². The fraction of sp³-hybridized carbons (Fsp3) is 0.500. The van der Waals surface area contributed by atoms with E-state index in [1.165, 1.54) is 31.0 Å². The molecule has 2 rings (SSSR count). The van der Waals surface area contributed by atoms with E-state index in [9.17, 15) is 13.6 Å². The number of rotatable bonds is 3. The van der Waals surface area contributed by atoms with E-state index in [1.807, 2.05) is 0 Å². The number of hydrogen-bond acceptors (Lipinski definition) is 4. The second-order valence-electron chi connectivity index (χ2n) is 5.32. The molecule has 6 nitrogen and oxygen atoms in total. The van der Waals surface area contributed by atoms with Crippen molar-refractivity contribution in [2.75, 3.05) is 18.0 Å². The summed E-state index contributed by atoms with van der Waals surface area (Å²) in [7, 11) is 0. The molecule has 8 heteroatoms. The molecule has 1 fully saturated rings. The van der Waals surface area contributed by atoms with Gasteiger partial charge in [0.15, 0.2) is 6.29 Å². The monoisotopic (exact) mass is 281 g/mol. The van der Waals surface area contributed by atoms with Gasteiger partial charge in [0.05, 0.1) is 17.8 Å². The molecule has 0 unspecified atom stereocenters. The van der Waals surface area contributed by atoms with Crippen LogP contribution in [0.5, 0.6) is 0 Å². The number of anilines is 1. The van der Waals surface area contributed by atoms with Gasteiger partial charge in [-0.05, 0) is 16.7 Å². The minimum Gasteiger partial charge on any atom is -0.364 e. The molecule has 0 N–H and O–H groups in total. The van der Waals surface area contributed by atoms with Crippen molar-refractivity contribution in [3.05, 3.63) is 28.3 Å². The van der Waals surface area contributed by atoms with Crippen LogP contribution in [0.4, 0.5) is 20.3 Å². The van der Waals surface area contributed by atoms with Crippen LogP contribution >= 0.6 is 0 Å². The Hall–Kier alpha value is -2.21. The molecule has 0 bridgehead atoms. The van der Waals surface area contributed by atoms with Crippen molar-refractivity contribution in [1.29, 1.82) is 0 Å². The molecular weight excluding hydrogens is 268 g/mol.